The van der Waals surface area contributed by atoms with Crippen LogP contribution in [-0.2, 0) is 16.0 Å². The molecule has 0 saturated carbocycles. The van der Waals surface area contributed by atoms with E-state index in [9.17, 15) is 9.18 Å². The Kier molecular flexibility index (Phi) is 6.58. The first-order valence-corrected chi connectivity index (χ1v) is 11.3. The average Bonchev–Trinajstić information content (AvgIpc) is 3.15. The Hall–Kier alpha value is -3.06. The van der Waals surface area contributed by atoms with Crippen LogP contribution < -0.4 is 0 Å². The Balaban J connectivity index is 1.91. The molecule has 2 heterocycles. The summed E-state index contributed by atoms with van der Waals surface area (Å²) in [5.41, 5.74) is 2.27. The number of carbonyl (C=O) groups is 1. The molecule has 2 aromatic carbocycles. The zero-order chi connectivity index (χ0) is 24.6. The Morgan fingerprint density at radius 1 is 1.26 bits per heavy atom. The van der Waals surface area contributed by atoms with Crippen LogP contribution in [0.1, 0.15) is 49.2 Å². The lowest BCUT2D eigenvalue weighted by Crippen LogP contribution is -2.53. The molecule has 0 amide bonds. The lowest BCUT2D eigenvalue weighted by molar-refractivity contribution is -0.134. The van der Waals surface area contributed by atoms with Gasteiger partial charge in [-0.25, -0.2) is 13.6 Å². The molecule has 34 heavy (non-hydrogen) atoms. The fraction of sp³-hybridized carbons (Fsp3) is 0.370. The number of halogens is 3. The van der Waals surface area contributed by atoms with Gasteiger partial charge in [-0.05, 0) is 61.6 Å². The van der Waals surface area contributed by atoms with Gasteiger partial charge in [0.05, 0.1) is 19.8 Å². The number of methoxy groups -OCH3 is 1. The van der Waals surface area contributed by atoms with Gasteiger partial charge in [-0.1, -0.05) is 25.1 Å². The number of esters is 1. The molecular weight excluding hydrogens is 441 g/mol. The second-order valence-corrected chi connectivity index (χ2v) is 9.62. The van der Waals surface area contributed by atoms with Crippen molar-refractivity contribution in [1.82, 2.24) is 9.88 Å². The Labute approximate surface area is 197 Å². The SMILES string of the molecule is COC(=O)C=Cc1cc(F)c(C2c3[nH]c4ccccc4c3CC(C)(C)N2C[C@H](C)CF)c(F)c1. The maximum atomic E-state index is 15.6. The smallest absolute Gasteiger partial charge is 0.330 e. The topological polar surface area (TPSA) is 45.3 Å². The largest absolute Gasteiger partial charge is 0.466 e. The number of hydrogen-bond donors (Lipinski definition) is 1. The van der Waals surface area contributed by atoms with Crippen LogP contribution in [0, 0.1) is 17.6 Å². The van der Waals surface area contributed by atoms with E-state index < -0.39 is 35.9 Å². The first-order valence-electron chi connectivity index (χ1n) is 11.3. The van der Waals surface area contributed by atoms with Crippen LogP contribution in [0.2, 0.25) is 0 Å². The van der Waals surface area contributed by atoms with Crippen LogP contribution in [0.3, 0.4) is 0 Å². The number of benzene rings is 2. The Morgan fingerprint density at radius 3 is 2.59 bits per heavy atom. The quantitative estimate of drug-likeness (QED) is 0.357. The second kappa shape index (κ2) is 9.29. The molecular formula is C27H29F3N2O2. The van der Waals surface area contributed by atoms with Gasteiger partial charge in [0.15, 0.2) is 0 Å². The van der Waals surface area contributed by atoms with Gasteiger partial charge in [0, 0.05) is 40.3 Å². The predicted octanol–water partition coefficient (Wildman–Crippen LogP) is 5.96. The van der Waals surface area contributed by atoms with Gasteiger partial charge in [0.1, 0.15) is 11.6 Å². The summed E-state index contributed by atoms with van der Waals surface area (Å²) in [6.45, 7) is 5.66. The molecule has 0 saturated heterocycles. The highest BCUT2D eigenvalue weighted by Crippen LogP contribution is 2.46. The molecule has 0 fully saturated rings. The summed E-state index contributed by atoms with van der Waals surface area (Å²) in [6.07, 6.45) is 3.08. The Bertz CT molecular complexity index is 1220. The van der Waals surface area contributed by atoms with Gasteiger partial charge in [-0.3, -0.25) is 9.29 Å². The van der Waals surface area contributed by atoms with Crippen LogP contribution in [0.15, 0.2) is 42.5 Å². The number of ether oxygens (including phenoxy) is 1. The molecule has 1 N–H and O–H groups in total. The molecule has 0 bridgehead atoms. The molecule has 1 unspecified atom stereocenters. The molecule has 3 aromatic rings. The summed E-state index contributed by atoms with van der Waals surface area (Å²) in [5, 5.41) is 1.02. The molecule has 1 aliphatic rings. The zero-order valence-electron chi connectivity index (χ0n) is 19.8. The minimum atomic E-state index is -0.765. The van der Waals surface area contributed by atoms with Crippen LogP contribution in [0.25, 0.3) is 17.0 Å². The fourth-order valence-electron chi connectivity index (χ4n) is 4.92. The van der Waals surface area contributed by atoms with Crippen molar-refractivity contribution in [3.05, 3.63) is 76.5 Å². The van der Waals surface area contributed by atoms with Crippen molar-refractivity contribution >= 4 is 22.9 Å². The summed E-state index contributed by atoms with van der Waals surface area (Å²) in [6, 6.07) is 9.46. The maximum Gasteiger partial charge on any atom is 0.330 e. The molecule has 0 radical (unpaired) electrons. The van der Waals surface area contributed by atoms with Crippen molar-refractivity contribution < 1.29 is 22.7 Å². The number of H-pyrrole nitrogens is 1. The number of para-hydroxylation sites is 1. The van der Waals surface area contributed by atoms with Crippen LogP contribution >= 0.6 is 0 Å². The molecule has 4 nitrogen and oxygen atoms in total. The van der Waals surface area contributed by atoms with Gasteiger partial charge in [-0.15, -0.1) is 0 Å². The number of fused-ring (bicyclic) bond motifs is 3. The van der Waals surface area contributed by atoms with Crippen LogP contribution in [0.5, 0.6) is 0 Å². The summed E-state index contributed by atoms with van der Waals surface area (Å²) in [5.74, 6) is -2.38. The number of nitrogens with zero attached hydrogens (tertiary/aromatic N) is 1. The normalized spacial score (nSPS) is 18.9. The zero-order valence-corrected chi connectivity index (χ0v) is 19.8. The highest BCUT2D eigenvalue weighted by Gasteiger charge is 2.44. The van der Waals surface area contributed by atoms with Gasteiger partial charge in [0.25, 0.3) is 0 Å². The molecule has 7 heteroatoms. The van der Waals surface area contributed by atoms with E-state index in [4.69, 9.17) is 0 Å². The summed E-state index contributed by atoms with van der Waals surface area (Å²) in [4.78, 5) is 16.8. The summed E-state index contributed by atoms with van der Waals surface area (Å²) >= 11 is 0. The molecule has 0 spiro atoms. The van der Waals surface area contributed by atoms with Crippen LogP contribution in [0.4, 0.5) is 13.2 Å². The number of aromatic amines is 1. The molecule has 1 aromatic heterocycles. The number of aromatic nitrogens is 1. The van der Waals surface area contributed by atoms with E-state index in [0.717, 1.165) is 28.2 Å². The molecule has 2 atom stereocenters. The van der Waals surface area contributed by atoms with Crippen molar-refractivity contribution in [2.75, 3.05) is 20.3 Å². The van der Waals surface area contributed by atoms with Crippen molar-refractivity contribution in [3.63, 3.8) is 0 Å². The number of nitrogens with one attached hydrogen (secondary N) is 1. The van der Waals surface area contributed by atoms with E-state index in [2.05, 4.69) is 9.72 Å². The van der Waals surface area contributed by atoms with E-state index in [-0.39, 0.29) is 17.0 Å². The minimum Gasteiger partial charge on any atom is -0.466 e. The molecule has 1 aliphatic heterocycles. The third kappa shape index (κ3) is 4.37. The molecule has 0 aliphatic carbocycles. The van der Waals surface area contributed by atoms with Gasteiger partial charge >= 0.3 is 5.97 Å². The third-order valence-electron chi connectivity index (χ3n) is 6.58. The van der Waals surface area contributed by atoms with Gasteiger partial charge in [-0.2, -0.15) is 0 Å². The minimum absolute atomic E-state index is 0.0955. The van der Waals surface area contributed by atoms with Crippen LogP contribution in [-0.4, -0.2) is 41.7 Å². The first kappa shape index (κ1) is 24.1. The van der Waals surface area contributed by atoms with Crippen molar-refractivity contribution in [2.45, 2.75) is 38.8 Å². The van der Waals surface area contributed by atoms with E-state index in [0.29, 0.717) is 13.0 Å². The van der Waals surface area contributed by atoms with Gasteiger partial charge in [0.2, 0.25) is 0 Å². The lowest BCUT2D eigenvalue weighted by Gasteiger charge is -2.48. The highest BCUT2D eigenvalue weighted by molar-refractivity contribution is 5.87. The van der Waals surface area contributed by atoms with Crippen molar-refractivity contribution in [3.8, 4) is 0 Å². The average molecular weight is 471 g/mol. The Morgan fingerprint density at radius 2 is 1.94 bits per heavy atom. The summed E-state index contributed by atoms with van der Waals surface area (Å²) < 4.78 is 49.3. The summed E-state index contributed by atoms with van der Waals surface area (Å²) in [7, 11) is 1.23. The second-order valence-electron chi connectivity index (χ2n) is 9.62. The fourth-order valence-corrected chi connectivity index (χ4v) is 4.92. The van der Waals surface area contributed by atoms with E-state index >= 15 is 8.78 Å². The number of hydrogen-bond acceptors (Lipinski definition) is 3. The highest BCUT2D eigenvalue weighted by atomic mass is 19.1. The van der Waals surface area contributed by atoms with E-state index in [1.54, 1.807) is 6.92 Å². The van der Waals surface area contributed by atoms with E-state index in [1.165, 1.54) is 25.3 Å². The van der Waals surface area contributed by atoms with E-state index in [1.807, 2.05) is 43.0 Å². The lowest BCUT2D eigenvalue weighted by atomic mass is 9.80. The third-order valence-corrected chi connectivity index (χ3v) is 6.58. The van der Waals surface area contributed by atoms with Crippen molar-refractivity contribution in [1.29, 1.82) is 0 Å². The predicted molar refractivity (Wildman–Crippen MR) is 127 cm³/mol. The monoisotopic (exact) mass is 470 g/mol. The van der Waals surface area contributed by atoms with Crippen molar-refractivity contribution in [2.24, 2.45) is 5.92 Å². The number of rotatable bonds is 6. The van der Waals surface area contributed by atoms with Gasteiger partial charge < -0.3 is 9.72 Å². The number of carbonyl (C=O) groups excluding carboxylic acids is 1. The first-order chi connectivity index (χ1) is 16.2. The standard InChI is InChI=1S/C27H29F3N2O2/c1-16(14-28)15-32-26(24-20(29)11-17(12-21(24)30)9-10-23(33)34-4)25-19(13-27(32,2)3)18-7-5-6-8-22(18)31-25/h5-12,16,26,31H,13-15H2,1-4H3/t16-,26?/m1/s1. The molecule has 4 rings (SSSR count). The number of alkyl halides is 1. The maximum absolute atomic E-state index is 15.6. The molecule has 180 valence electrons.